The molecule has 1 aromatic heterocycles. The number of hydrogen-bond donors (Lipinski definition) is 4. The summed E-state index contributed by atoms with van der Waals surface area (Å²) in [4.78, 5) is 16.9. The van der Waals surface area contributed by atoms with E-state index in [4.69, 9.17) is 4.74 Å². The van der Waals surface area contributed by atoms with Gasteiger partial charge in [-0.05, 0) is 46.1 Å². The molecule has 142 valence electrons. The minimum absolute atomic E-state index is 0.238. The van der Waals surface area contributed by atoms with Crippen LogP contribution < -0.4 is 16.0 Å². The molecule has 1 heterocycles. The molecule has 1 amide bonds. The highest BCUT2D eigenvalue weighted by atomic mass is 32.1. The van der Waals surface area contributed by atoms with Gasteiger partial charge in [0.1, 0.15) is 11.2 Å². The molecule has 0 radical (unpaired) electrons. The van der Waals surface area contributed by atoms with Crippen molar-refractivity contribution in [2.24, 2.45) is 4.99 Å². The number of ether oxygens (including phenoxy) is 1. The van der Waals surface area contributed by atoms with Gasteiger partial charge in [-0.2, -0.15) is 0 Å². The summed E-state index contributed by atoms with van der Waals surface area (Å²) in [6, 6.07) is 3.80. The van der Waals surface area contributed by atoms with Crippen molar-refractivity contribution in [3.05, 3.63) is 22.4 Å². The maximum absolute atomic E-state index is 11.6. The minimum atomic E-state index is -1.01. The van der Waals surface area contributed by atoms with Crippen molar-refractivity contribution in [1.82, 2.24) is 16.0 Å². The number of carbonyl (C=O) groups is 1. The average Bonchev–Trinajstić information content (AvgIpc) is 3.02. The van der Waals surface area contributed by atoms with E-state index in [9.17, 15) is 9.90 Å². The quantitative estimate of drug-likeness (QED) is 0.335. The maximum atomic E-state index is 11.6. The van der Waals surface area contributed by atoms with E-state index in [1.165, 1.54) is 11.3 Å². The topological polar surface area (TPSA) is 95.0 Å². The molecular weight excluding hydrogens is 340 g/mol. The van der Waals surface area contributed by atoms with Crippen LogP contribution in [0.3, 0.4) is 0 Å². The first-order valence-electron chi connectivity index (χ1n) is 8.39. The molecule has 0 aliphatic rings. The van der Waals surface area contributed by atoms with E-state index in [2.05, 4.69) is 20.9 Å². The maximum Gasteiger partial charge on any atom is 0.407 e. The average molecular weight is 371 g/mol. The second-order valence-electron chi connectivity index (χ2n) is 6.80. The van der Waals surface area contributed by atoms with E-state index >= 15 is 0 Å². The summed E-state index contributed by atoms with van der Waals surface area (Å²) in [5, 5.41) is 21.4. The van der Waals surface area contributed by atoms with Gasteiger partial charge in [-0.15, -0.1) is 11.3 Å². The second-order valence-corrected chi connectivity index (χ2v) is 7.75. The molecule has 0 spiro atoms. The first-order valence-corrected chi connectivity index (χ1v) is 9.27. The van der Waals surface area contributed by atoms with Gasteiger partial charge >= 0.3 is 6.09 Å². The van der Waals surface area contributed by atoms with Crippen molar-refractivity contribution >= 4 is 23.4 Å². The lowest BCUT2D eigenvalue weighted by molar-refractivity contribution is 0.0528. The summed E-state index contributed by atoms with van der Waals surface area (Å²) in [7, 11) is 0. The Morgan fingerprint density at radius 3 is 2.48 bits per heavy atom. The molecule has 0 aliphatic heterocycles. The van der Waals surface area contributed by atoms with Gasteiger partial charge in [0.15, 0.2) is 5.96 Å². The van der Waals surface area contributed by atoms with Gasteiger partial charge in [0.05, 0.1) is 6.54 Å². The Balaban J connectivity index is 2.45. The summed E-state index contributed by atoms with van der Waals surface area (Å²) in [6.45, 7) is 11.0. The molecule has 0 saturated heterocycles. The number of alkyl carbamates (subject to hydrolysis) is 1. The number of guanidine groups is 1. The molecule has 25 heavy (non-hydrogen) atoms. The zero-order valence-corrected chi connectivity index (χ0v) is 16.5. The fourth-order valence-corrected chi connectivity index (χ4v) is 2.68. The Kier molecular flexibility index (Phi) is 8.18. The smallest absolute Gasteiger partial charge is 0.407 e. The predicted octanol–water partition coefficient (Wildman–Crippen LogP) is 2.04. The van der Waals surface area contributed by atoms with E-state index in [0.29, 0.717) is 25.6 Å². The van der Waals surface area contributed by atoms with Crippen molar-refractivity contribution in [2.45, 2.75) is 45.8 Å². The fourth-order valence-electron chi connectivity index (χ4n) is 1.90. The van der Waals surface area contributed by atoms with Crippen LogP contribution in [0, 0.1) is 0 Å². The van der Waals surface area contributed by atoms with Gasteiger partial charge in [0.2, 0.25) is 0 Å². The molecule has 7 nitrogen and oxygen atoms in total. The standard InChI is InChI=1S/C17H30N4O3S/c1-6-18-14(19-9-10-20-15(22)24-16(2,3)4)21-12-17(5,23)13-8-7-11-25-13/h7-8,11,23H,6,9-10,12H2,1-5H3,(H,20,22)(H2,18,19,21). The summed E-state index contributed by atoms with van der Waals surface area (Å²) >= 11 is 1.50. The number of thiophene rings is 1. The Morgan fingerprint density at radius 2 is 1.92 bits per heavy atom. The van der Waals surface area contributed by atoms with Crippen molar-refractivity contribution in [2.75, 3.05) is 26.2 Å². The van der Waals surface area contributed by atoms with Gasteiger partial charge in [0, 0.05) is 24.5 Å². The summed E-state index contributed by atoms with van der Waals surface area (Å²) in [5.41, 5.74) is -1.52. The van der Waals surface area contributed by atoms with E-state index in [-0.39, 0.29) is 6.54 Å². The Labute approximate surface area is 153 Å². The highest BCUT2D eigenvalue weighted by Gasteiger charge is 2.24. The van der Waals surface area contributed by atoms with Crippen LogP contribution in [-0.2, 0) is 10.3 Å². The molecule has 0 bridgehead atoms. The molecule has 0 fully saturated rings. The summed E-state index contributed by atoms with van der Waals surface area (Å²) < 4.78 is 5.17. The molecule has 8 heteroatoms. The van der Waals surface area contributed by atoms with E-state index in [1.54, 1.807) is 6.92 Å². The van der Waals surface area contributed by atoms with E-state index < -0.39 is 17.3 Å². The Morgan fingerprint density at radius 1 is 1.24 bits per heavy atom. The van der Waals surface area contributed by atoms with Gasteiger partial charge < -0.3 is 25.8 Å². The van der Waals surface area contributed by atoms with Gasteiger partial charge in [-0.1, -0.05) is 6.07 Å². The molecule has 0 saturated carbocycles. The predicted molar refractivity (Wildman–Crippen MR) is 102 cm³/mol. The summed E-state index contributed by atoms with van der Waals surface area (Å²) in [5.74, 6) is 0.588. The van der Waals surface area contributed by atoms with Gasteiger partial charge in [-0.25, -0.2) is 9.79 Å². The Hall–Kier alpha value is -1.80. The van der Waals surface area contributed by atoms with Crippen LogP contribution in [0.5, 0.6) is 0 Å². The molecule has 1 unspecified atom stereocenters. The van der Waals surface area contributed by atoms with Crippen LogP contribution in [0.25, 0.3) is 0 Å². The number of rotatable bonds is 7. The zero-order chi connectivity index (χ0) is 18.9. The third-order valence-electron chi connectivity index (χ3n) is 3.03. The van der Waals surface area contributed by atoms with Gasteiger partial charge in [0.25, 0.3) is 0 Å². The second kappa shape index (κ2) is 9.62. The van der Waals surface area contributed by atoms with Crippen LogP contribution in [-0.4, -0.2) is 48.9 Å². The third kappa shape index (κ3) is 8.74. The van der Waals surface area contributed by atoms with E-state index in [0.717, 1.165) is 4.88 Å². The fraction of sp³-hybridized carbons (Fsp3) is 0.647. The third-order valence-corrected chi connectivity index (χ3v) is 4.15. The van der Waals surface area contributed by atoms with Crippen molar-refractivity contribution < 1.29 is 14.6 Å². The molecule has 1 atom stereocenters. The number of nitrogens with one attached hydrogen (secondary N) is 3. The number of hydrogen-bond acceptors (Lipinski definition) is 5. The van der Waals surface area contributed by atoms with Gasteiger partial charge in [-0.3, -0.25) is 0 Å². The van der Waals surface area contributed by atoms with Crippen LogP contribution >= 0.6 is 11.3 Å². The highest BCUT2D eigenvalue weighted by molar-refractivity contribution is 7.10. The largest absolute Gasteiger partial charge is 0.444 e. The Bertz CT molecular complexity index is 551. The molecular formula is C17H30N4O3S. The van der Waals surface area contributed by atoms with Crippen molar-refractivity contribution in [1.29, 1.82) is 0 Å². The number of carbonyl (C=O) groups excluding carboxylic acids is 1. The van der Waals surface area contributed by atoms with Crippen LogP contribution in [0.4, 0.5) is 4.79 Å². The van der Waals surface area contributed by atoms with Crippen LogP contribution in [0.2, 0.25) is 0 Å². The van der Waals surface area contributed by atoms with Crippen molar-refractivity contribution in [3.8, 4) is 0 Å². The lowest BCUT2D eigenvalue weighted by atomic mass is 10.1. The highest BCUT2D eigenvalue weighted by Crippen LogP contribution is 2.25. The molecule has 1 rings (SSSR count). The number of nitrogens with zero attached hydrogens (tertiary/aromatic N) is 1. The lowest BCUT2D eigenvalue weighted by Gasteiger charge is -2.21. The SMILES string of the molecule is CCNC(=NCC(C)(O)c1cccs1)NCCNC(=O)OC(C)(C)C. The number of amides is 1. The molecule has 4 N–H and O–H groups in total. The number of aliphatic hydroxyl groups is 1. The molecule has 0 aliphatic carbocycles. The monoisotopic (exact) mass is 370 g/mol. The summed E-state index contributed by atoms with van der Waals surface area (Å²) in [6.07, 6.45) is -0.447. The normalized spacial score (nSPS) is 14.6. The van der Waals surface area contributed by atoms with Crippen molar-refractivity contribution in [3.63, 3.8) is 0 Å². The first kappa shape index (κ1) is 21.2. The van der Waals surface area contributed by atoms with E-state index in [1.807, 2.05) is 45.2 Å². The lowest BCUT2D eigenvalue weighted by Crippen LogP contribution is -2.43. The molecule has 1 aromatic rings. The first-order chi connectivity index (χ1) is 11.6. The zero-order valence-electron chi connectivity index (χ0n) is 15.7. The molecule has 0 aromatic carbocycles. The van der Waals surface area contributed by atoms with Crippen LogP contribution in [0.1, 0.15) is 39.5 Å². The van der Waals surface area contributed by atoms with Crippen LogP contribution in [0.15, 0.2) is 22.5 Å². The minimum Gasteiger partial charge on any atom is -0.444 e. The number of aliphatic imine (C=N–C) groups is 1.